The maximum Gasteiger partial charge on any atom is 0.233 e. The lowest BCUT2D eigenvalue weighted by Gasteiger charge is -2.13. The SMILES string of the molecule is CCCCCCCCCCCCCCCCCCc1ccc(Nc2nc(Nc3ccc(CCCCCCCCCCCCCCCCCC)cc3)nc(Nc3ccc(CCCCCCCCCCCCCCCCCC)cc3)n2)cc1. The number of rotatable bonds is 57. The van der Waals surface area contributed by atoms with E-state index in [1.54, 1.807) is 0 Å². The van der Waals surface area contributed by atoms with Crippen molar-refractivity contribution in [3.8, 4) is 0 Å². The molecule has 0 unspecified atom stereocenters. The molecule has 1 aromatic heterocycles. The molecule has 4 rings (SSSR count). The molecule has 0 aliphatic carbocycles. The Hall–Kier alpha value is -3.93. The van der Waals surface area contributed by atoms with E-state index in [1.165, 1.54) is 325 Å². The maximum absolute atomic E-state index is 4.88. The van der Waals surface area contributed by atoms with Crippen LogP contribution in [0.4, 0.5) is 34.9 Å². The molecule has 0 aliphatic rings. The molecule has 0 aliphatic heterocycles. The summed E-state index contributed by atoms with van der Waals surface area (Å²) in [6, 6.07) is 26.6. The first-order valence-electron chi connectivity index (χ1n) is 35.5. The van der Waals surface area contributed by atoms with Gasteiger partial charge in [-0.05, 0) is 91.6 Å². The Kier molecular flexibility index (Phi) is 43.4. The van der Waals surface area contributed by atoms with Crippen molar-refractivity contribution in [2.24, 2.45) is 0 Å². The first-order valence-corrected chi connectivity index (χ1v) is 35.5. The van der Waals surface area contributed by atoms with Crippen LogP contribution in [0.15, 0.2) is 72.8 Å². The van der Waals surface area contributed by atoms with Crippen molar-refractivity contribution in [3.63, 3.8) is 0 Å². The lowest BCUT2D eigenvalue weighted by molar-refractivity contribution is 0.529. The molecular formula is C75H126N6. The second-order valence-corrected chi connectivity index (χ2v) is 24.9. The fourth-order valence-corrected chi connectivity index (χ4v) is 11.8. The lowest BCUT2D eigenvalue weighted by Crippen LogP contribution is -2.07. The van der Waals surface area contributed by atoms with Gasteiger partial charge in [0, 0.05) is 17.1 Å². The Morgan fingerprint density at radius 1 is 0.198 bits per heavy atom. The summed E-state index contributed by atoms with van der Waals surface area (Å²) in [6.07, 6.45) is 70.7. The van der Waals surface area contributed by atoms with Gasteiger partial charge in [0.2, 0.25) is 17.8 Å². The Labute approximate surface area is 501 Å². The predicted molar refractivity (Wildman–Crippen MR) is 359 cm³/mol. The first kappa shape index (κ1) is 69.6. The number of nitrogens with one attached hydrogen (secondary N) is 3. The average Bonchev–Trinajstić information content (AvgIpc) is 3.49. The molecule has 0 bridgehead atoms. The molecule has 0 radical (unpaired) electrons. The summed E-state index contributed by atoms with van der Waals surface area (Å²) in [5, 5.41) is 10.5. The molecule has 3 N–H and O–H groups in total. The van der Waals surface area contributed by atoms with Crippen molar-refractivity contribution in [1.82, 2.24) is 15.0 Å². The van der Waals surface area contributed by atoms with E-state index in [4.69, 9.17) is 15.0 Å². The standard InChI is InChI=1S/C75H126N6/c1-4-7-10-13-16-19-22-25-28-31-34-37-40-43-46-49-52-67-55-61-70(62-56-67)76-73-79-74(77-71-63-57-68(58-64-71)53-50-47-44-41-38-35-32-29-26-23-20-17-14-11-8-5-2)81-75(80-73)78-72-65-59-69(60-66-72)54-51-48-45-42-39-36-33-30-27-24-21-18-15-12-9-6-3/h55-66H,4-54H2,1-3H3,(H3,76,77,78,79,80,81). The minimum Gasteiger partial charge on any atom is -0.324 e. The largest absolute Gasteiger partial charge is 0.324 e. The Balaban J connectivity index is 1.18. The van der Waals surface area contributed by atoms with Gasteiger partial charge < -0.3 is 16.0 Å². The molecule has 3 aromatic carbocycles. The van der Waals surface area contributed by atoms with Crippen LogP contribution in [0.25, 0.3) is 0 Å². The van der Waals surface area contributed by atoms with Gasteiger partial charge in [-0.25, -0.2) is 0 Å². The minimum atomic E-state index is 0.515. The van der Waals surface area contributed by atoms with Crippen LogP contribution >= 0.6 is 0 Å². The zero-order valence-electron chi connectivity index (χ0n) is 53.3. The fourth-order valence-electron chi connectivity index (χ4n) is 11.8. The lowest BCUT2D eigenvalue weighted by atomic mass is 10.0. The summed E-state index contributed by atoms with van der Waals surface area (Å²) in [7, 11) is 0. The van der Waals surface area contributed by atoms with E-state index in [1.807, 2.05) is 0 Å². The topological polar surface area (TPSA) is 74.8 Å². The van der Waals surface area contributed by atoms with Crippen LogP contribution in [0.3, 0.4) is 0 Å². The molecule has 6 heteroatoms. The highest BCUT2D eigenvalue weighted by molar-refractivity contribution is 5.62. The summed E-state index contributed by atoms with van der Waals surface area (Å²) in [5.41, 5.74) is 7.11. The van der Waals surface area contributed by atoms with Crippen LogP contribution in [0.5, 0.6) is 0 Å². The molecule has 4 aromatic rings. The summed E-state index contributed by atoms with van der Waals surface area (Å²) in [6.45, 7) is 6.91. The highest BCUT2D eigenvalue weighted by Gasteiger charge is 2.10. The number of aromatic nitrogens is 3. The van der Waals surface area contributed by atoms with Crippen LogP contribution < -0.4 is 16.0 Å². The summed E-state index contributed by atoms with van der Waals surface area (Å²) >= 11 is 0. The number of hydrogen-bond donors (Lipinski definition) is 3. The van der Waals surface area contributed by atoms with Crippen LogP contribution in [0, 0.1) is 0 Å². The fraction of sp³-hybridized carbons (Fsp3) is 0.720. The summed E-state index contributed by atoms with van der Waals surface area (Å²) in [5.74, 6) is 1.54. The Morgan fingerprint density at radius 3 is 0.506 bits per heavy atom. The van der Waals surface area contributed by atoms with Crippen LogP contribution in [-0.4, -0.2) is 15.0 Å². The summed E-state index contributed by atoms with van der Waals surface area (Å²) < 4.78 is 0. The smallest absolute Gasteiger partial charge is 0.233 e. The van der Waals surface area contributed by atoms with Gasteiger partial charge in [-0.1, -0.05) is 346 Å². The van der Waals surface area contributed by atoms with E-state index in [2.05, 4.69) is 110 Å². The third kappa shape index (κ3) is 38.5. The van der Waals surface area contributed by atoms with Gasteiger partial charge in [0.05, 0.1) is 0 Å². The number of aryl methyl sites for hydroxylation is 3. The van der Waals surface area contributed by atoms with E-state index < -0.39 is 0 Å². The van der Waals surface area contributed by atoms with Gasteiger partial charge in [-0.2, -0.15) is 15.0 Å². The van der Waals surface area contributed by atoms with E-state index >= 15 is 0 Å². The van der Waals surface area contributed by atoms with Crippen molar-refractivity contribution in [2.75, 3.05) is 16.0 Å². The Bertz CT molecular complexity index is 1740. The number of unbranched alkanes of at least 4 members (excludes halogenated alkanes) is 45. The normalized spacial score (nSPS) is 11.4. The quantitative estimate of drug-likeness (QED) is 0.0383. The number of hydrogen-bond acceptors (Lipinski definition) is 6. The monoisotopic (exact) mass is 1110 g/mol. The molecule has 456 valence electrons. The molecule has 6 nitrogen and oxygen atoms in total. The van der Waals surface area contributed by atoms with E-state index in [0.29, 0.717) is 17.8 Å². The first-order chi connectivity index (χ1) is 40.1. The minimum absolute atomic E-state index is 0.515. The van der Waals surface area contributed by atoms with Crippen molar-refractivity contribution in [2.45, 2.75) is 348 Å². The number of benzene rings is 3. The predicted octanol–water partition coefficient (Wildman–Crippen LogP) is 25.5. The van der Waals surface area contributed by atoms with Gasteiger partial charge in [-0.15, -0.1) is 0 Å². The number of anilines is 6. The molecule has 0 saturated carbocycles. The van der Waals surface area contributed by atoms with Crippen LogP contribution in [0.1, 0.15) is 346 Å². The van der Waals surface area contributed by atoms with Crippen molar-refractivity contribution in [3.05, 3.63) is 89.5 Å². The second-order valence-electron chi connectivity index (χ2n) is 24.9. The molecule has 0 saturated heterocycles. The summed E-state index contributed by atoms with van der Waals surface area (Å²) in [4.78, 5) is 14.6. The molecule has 1 heterocycles. The van der Waals surface area contributed by atoms with Gasteiger partial charge in [0.1, 0.15) is 0 Å². The third-order valence-corrected chi connectivity index (χ3v) is 17.2. The van der Waals surface area contributed by atoms with Crippen LogP contribution in [-0.2, 0) is 19.3 Å². The van der Waals surface area contributed by atoms with Crippen molar-refractivity contribution >= 4 is 34.9 Å². The van der Waals surface area contributed by atoms with E-state index in [0.717, 1.165) is 36.3 Å². The molecule has 0 fully saturated rings. The highest BCUT2D eigenvalue weighted by atomic mass is 15.3. The number of nitrogens with zero attached hydrogens (tertiary/aromatic N) is 3. The van der Waals surface area contributed by atoms with Crippen molar-refractivity contribution in [1.29, 1.82) is 0 Å². The van der Waals surface area contributed by atoms with Gasteiger partial charge >= 0.3 is 0 Å². The maximum atomic E-state index is 4.88. The van der Waals surface area contributed by atoms with Gasteiger partial charge in [0.25, 0.3) is 0 Å². The highest BCUT2D eigenvalue weighted by Crippen LogP contribution is 2.25. The molecule has 0 spiro atoms. The van der Waals surface area contributed by atoms with Crippen molar-refractivity contribution < 1.29 is 0 Å². The Morgan fingerprint density at radius 2 is 0.346 bits per heavy atom. The third-order valence-electron chi connectivity index (χ3n) is 17.2. The molecule has 0 atom stereocenters. The van der Waals surface area contributed by atoms with Gasteiger partial charge in [0.15, 0.2) is 0 Å². The van der Waals surface area contributed by atoms with E-state index in [9.17, 15) is 0 Å². The zero-order chi connectivity index (χ0) is 57.0. The van der Waals surface area contributed by atoms with Gasteiger partial charge in [-0.3, -0.25) is 0 Å². The second kappa shape index (κ2) is 50.6. The molecular weight excluding hydrogens is 985 g/mol. The van der Waals surface area contributed by atoms with Crippen LogP contribution in [0.2, 0.25) is 0 Å². The molecule has 0 amide bonds. The van der Waals surface area contributed by atoms with E-state index in [-0.39, 0.29) is 0 Å². The zero-order valence-corrected chi connectivity index (χ0v) is 53.3. The molecule has 81 heavy (non-hydrogen) atoms. The average molecular weight is 1110 g/mol.